The minimum atomic E-state index is -0.210. The van der Waals surface area contributed by atoms with E-state index in [2.05, 4.69) is 10.3 Å². The number of thiazole rings is 1. The first-order valence-corrected chi connectivity index (χ1v) is 7.31. The van der Waals surface area contributed by atoms with Crippen LogP contribution in [0.5, 0.6) is 5.75 Å². The molecule has 6 nitrogen and oxygen atoms in total. The van der Waals surface area contributed by atoms with Gasteiger partial charge in [-0.15, -0.1) is 0 Å². The van der Waals surface area contributed by atoms with Crippen molar-refractivity contribution in [2.75, 3.05) is 36.7 Å². The van der Waals surface area contributed by atoms with E-state index in [9.17, 15) is 4.79 Å². The van der Waals surface area contributed by atoms with Crippen molar-refractivity contribution in [1.82, 2.24) is 4.98 Å². The number of nitrogens with one attached hydrogen (secondary N) is 1. The highest BCUT2D eigenvalue weighted by Gasteiger charge is 2.22. The van der Waals surface area contributed by atoms with Gasteiger partial charge in [-0.05, 0) is 19.1 Å². The molecular weight excluding hydrogens is 288 g/mol. The van der Waals surface area contributed by atoms with E-state index in [1.807, 2.05) is 25.1 Å². The van der Waals surface area contributed by atoms with Crippen molar-refractivity contribution in [3.63, 3.8) is 0 Å². The number of anilines is 3. The molecule has 7 heteroatoms. The molecule has 3 N–H and O–H groups in total. The van der Waals surface area contributed by atoms with Crippen LogP contribution in [0.2, 0.25) is 0 Å². The van der Waals surface area contributed by atoms with Crippen LogP contribution in [0, 0.1) is 0 Å². The van der Waals surface area contributed by atoms with Crippen LogP contribution in [0.25, 0.3) is 0 Å². The first-order valence-electron chi connectivity index (χ1n) is 6.49. The predicted octanol–water partition coefficient (Wildman–Crippen LogP) is 2.44. The number of carbonyl (C=O) groups excluding carboxylic acids is 1. The molecule has 0 aliphatic heterocycles. The van der Waals surface area contributed by atoms with Gasteiger partial charge < -0.3 is 20.7 Å². The lowest BCUT2D eigenvalue weighted by Gasteiger charge is -2.19. The molecule has 0 unspecified atom stereocenters. The Bertz CT molecular complexity index is 642. The summed E-state index contributed by atoms with van der Waals surface area (Å²) in [5.41, 5.74) is 6.52. The highest BCUT2D eigenvalue weighted by molar-refractivity contribution is 7.18. The minimum Gasteiger partial charge on any atom is -0.495 e. The fourth-order valence-electron chi connectivity index (χ4n) is 1.88. The molecule has 0 radical (unpaired) electrons. The monoisotopic (exact) mass is 306 g/mol. The van der Waals surface area contributed by atoms with Crippen molar-refractivity contribution >= 4 is 33.9 Å². The molecule has 0 fully saturated rings. The lowest BCUT2D eigenvalue weighted by atomic mass is 10.2. The minimum absolute atomic E-state index is 0.210. The Kier molecular flexibility index (Phi) is 4.64. The van der Waals surface area contributed by atoms with E-state index >= 15 is 0 Å². The van der Waals surface area contributed by atoms with Gasteiger partial charge in [0.1, 0.15) is 16.4 Å². The number of para-hydroxylation sites is 2. The number of benzene rings is 1. The van der Waals surface area contributed by atoms with E-state index in [-0.39, 0.29) is 11.7 Å². The van der Waals surface area contributed by atoms with E-state index in [0.717, 1.165) is 6.54 Å². The molecule has 1 amide bonds. The van der Waals surface area contributed by atoms with E-state index < -0.39 is 0 Å². The molecule has 0 spiro atoms. The second kappa shape index (κ2) is 6.45. The number of nitrogens with zero attached hydrogens (tertiary/aromatic N) is 2. The number of carbonyl (C=O) groups is 1. The number of hydrogen-bond acceptors (Lipinski definition) is 6. The smallest absolute Gasteiger partial charge is 0.272 e. The molecule has 2 rings (SSSR count). The molecule has 0 bridgehead atoms. The van der Waals surface area contributed by atoms with Crippen LogP contribution < -0.4 is 20.7 Å². The molecule has 1 heterocycles. The van der Waals surface area contributed by atoms with Gasteiger partial charge >= 0.3 is 0 Å². The maximum atomic E-state index is 12.6. The van der Waals surface area contributed by atoms with Crippen LogP contribution in [-0.4, -0.2) is 31.6 Å². The quantitative estimate of drug-likeness (QED) is 0.887. The summed E-state index contributed by atoms with van der Waals surface area (Å²) in [6.07, 6.45) is 0. The number of nitrogen functional groups attached to an aromatic ring is 1. The Morgan fingerprint density at radius 3 is 2.86 bits per heavy atom. The van der Waals surface area contributed by atoms with Gasteiger partial charge in [0, 0.05) is 13.6 Å². The fraction of sp³-hybridized carbons (Fsp3) is 0.286. The third kappa shape index (κ3) is 3.08. The number of ether oxygens (including phenoxy) is 1. The van der Waals surface area contributed by atoms with Crippen molar-refractivity contribution < 1.29 is 9.53 Å². The molecule has 0 saturated carbocycles. The lowest BCUT2D eigenvalue weighted by Crippen LogP contribution is -2.26. The van der Waals surface area contributed by atoms with Crippen LogP contribution in [0.3, 0.4) is 0 Å². The zero-order valence-corrected chi connectivity index (χ0v) is 13.0. The second-order valence-electron chi connectivity index (χ2n) is 4.30. The second-order valence-corrected chi connectivity index (χ2v) is 5.30. The van der Waals surface area contributed by atoms with Gasteiger partial charge in [0.05, 0.1) is 12.8 Å². The Balaban J connectivity index is 2.31. The van der Waals surface area contributed by atoms with Crippen molar-refractivity contribution in [3.8, 4) is 5.75 Å². The number of hydrogen-bond donors (Lipinski definition) is 2. The normalized spacial score (nSPS) is 10.2. The van der Waals surface area contributed by atoms with Gasteiger partial charge in [-0.25, -0.2) is 4.98 Å². The first-order chi connectivity index (χ1) is 10.1. The zero-order valence-electron chi connectivity index (χ0n) is 12.2. The summed E-state index contributed by atoms with van der Waals surface area (Å²) in [5, 5.41) is 3.70. The number of aromatic nitrogens is 1. The van der Waals surface area contributed by atoms with E-state index in [1.54, 1.807) is 20.2 Å². The molecule has 21 heavy (non-hydrogen) atoms. The lowest BCUT2D eigenvalue weighted by molar-refractivity contribution is 0.0997. The summed E-state index contributed by atoms with van der Waals surface area (Å²) in [5.74, 6) is 0.657. The fourth-order valence-corrected chi connectivity index (χ4v) is 2.81. The van der Waals surface area contributed by atoms with E-state index in [4.69, 9.17) is 10.5 Å². The third-order valence-corrected chi connectivity index (χ3v) is 3.94. The number of nitrogens with two attached hydrogens (primary N) is 1. The molecule has 1 aromatic heterocycles. The summed E-state index contributed by atoms with van der Waals surface area (Å²) in [6, 6.07) is 7.32. The summed E-state index contributed by atoms with van der Waals surface area (Å²) in [6.45, 7) is 2.68. The third-order valence-electron chi connectivity index (χ3n) is 2.93. The van der Waals surface area contributed by atoms with Gasteiger partial charge in [-0.1, -0.05) is 23.5 Å². The van der Waals surface area contributed by atoms with Crippen LogP contribution in [0.1, 0.15) is 16.6 Å². The Morgan fingerprint density at radius 1 is 1.48 bits per heavy atom. The van der Waals surface area contributed by atoms with E-state index in [0.29, 0.717) is 21.4 Å². The topological polar surface area (TPSA) is 80.5 Å². The van der Waals surface area contributed by atoms with Gasteiger partial charge in [0.25, 0.3) is 5.91 Å². The van der Waals surface area contributed by atoms with Crippen molar-refractivity contribution in [1.29, 1.82) is 0 Å². The number of methoxy groups -OCH3 is 1. The Hall–Kier alpha value is -2.28. The summed E-state index contributed by atoms with van der Waals surface area (Å²) in [7, 11) is 3.26. The first kappa shape index (κ1) is 15.1. The Morgan fingerprint density at radius 2 is 2.19 bits per heavy atom. The Labute approximate surface area is 127 Å². The maximum absolute atomic E-state index is 12.6. The average molecular weight is 306 g/mol. The van der Waals surface area contributed by atoms with Gasteiger partial charge in [0.2, 0.25) is 0 Å². The SMILES string of the molecule is CCNc1nc(N)c(C(=O)N(C)c2ccccc2OC)s1. The van der Waals surface area contributed by atoms with E-state index in [1.165, 1.54) is 16.2 Å². The maximum Gasteiger partial charge on any atom is 0.272 e. The van der Waals surface area contributed by atoms with Crippen molar-refractivity contribution in [2.45, 2.75) is 6.92 Å². The van der Waals surface area contributed by atoms with Crippen molar-refractivity contribution in [3.05, 3.63) is 29.1 Å². The molecule has 112 valence electrons. The number of rotatable bonds is 5. The highest BCUT2D eigenvalue weighted by Crippen LogP contribution is 2.31. The van der Waals surface area contributed by atoms with Crippen LogP contribution in [0.15, 0.2) is 24.3 Å². The molecule has 0 aliphatic carbocycles. The van der Waals surface area contributed by atoms with Crippen molar-refractivity contribution in [2.24, 2.45) is 0 Å². The average Bonchev–Trinajstić information content (AvgIpc) is 2.86. The largest absolute Gasteiger partial charge is 0.495 e. The molecule has 1 aromatic carbocycles. The molecule has 2 aromatic rings. The molecule has 0 aliphatic rings. The van der Waals surface area contributed by atoms with Gasteiger partial charge in [-0.2, -0.15) is 0 Å². The summed E-state index contributed by atoms with van der Waals surface area (Å²) in [4.78, 5) is 18.7. The van der Waals surface area contributed by atoms with Gasteiger partial charge in [0.15, 0.2) is 5.13 Å². The van der Waals surface area contributed by atoms with Crippen LogP contribution in [0.4, 0.5) is 16.6 Å². The number of amides is 1. The zero-order chi connectivity index (χ0) is 15.4. The highest BCUT2D eigenvalue weighted by atomic mass is 32.1. The predicted molar refractivity (Wildman–Crippen MR) is 86.4 cm³/mol. The summed E-state index contributed by atoms with van der Waals surface area (Å²) < 4.78 is 5.28. The summed E-state index contributed by atoms with van der Waals surface area (Å²) >= 11 is 1.25. The van der Waals surface area contributed by atoms with Crippen LogP contribution in [-0.2, 0) is 0 Å². The molecular formula is C14H18N4O2S. The van der Waals surface area contributed by atoms with Gasteiger partial charge in [-0.3, -0.25) is 4.79 Å². The standard InChI is InChI=1S/C14H18N4O2S/c1-4-16-14-17-12(15)11(21-14)13(19)18(2)9-7-5-6-8-10(9)20-3/h5-8H,4,15H2,1-3H3,(H,16,17). The molecule has 0 atom stereocenters. The molecule has 0 saturated heterocycles. The van der Waals surface area contributed by atoms with Crippen LogP contribution >= 0.6 is 11.3 Å².